The van der Waals surface area contributed by atoms with E-state index in [0.29, 0.717) is 11.6 Å². The quantitative estimate of drug-likeness (QED) is 0.598. The molecule has 0 aliphatic rings. The van der Waals surface area contributed by atoms with E-state index in [9.17, 15) is 9.59 Å². The van der Waals surface area contributed by atoms with Crippen LogP contribution in [-0.4, -0.2) is 28.8 Å². The van der Waals surface area contributed by atoms with E-state index in [-0.39, 0.29) is 24.3 Å². The van der Waals surface area contributed by atoms with Crippen molar-refractivity contribution in [3.63, 3.8) is 0 Å². The summed E-state index contributed by atoms with van der Waals surface area (Å²) in [5, 5.41) is 3.52. The number of nitrogens with zero attached hydrogens (tertiary/aromatic N) is 1. The Morgan fingerprint density at radius 3 is 2.50 bits per heavy atom. The molecule has 2 aromatic carbocycles. The van der Waals surface area contributed by atoms with Crippen molar-refractivity contribution in [3.8, 4) is 0 Å². The van der Waals surface area contributed by atoms with Gasteiger partial charge in [-0.25, -0.2) is 0 Å². The summed E-state index contributed by atoms with van der Waals surface area (Å²) in [5.41, 5.74) is 1.70. The van der Waals surface area contributed by atoms with Gasteiger partial charge in [0.25, 0.3) is 0 Å². The summed E-state index contributed by atoms with van der Waals surface area (Å²) in [6, 6.07) is 14.5. The molecule has 0 aromatic heterocycles. The SMILES string of the molecule is CC[C@H](C)NC(=O)[C@H](C)N(Cc1cccc(Br)c1)C(=O)Cc1ccccc1Cl. The number of benzene rings is 2. The van der Waals surface area contributed by atoms with Crippen molar-refractivity contribution in [2.75, 3.05) is 0 Å². The highest BCUT2D eigenvalue weighted by atomic mass is 79.9. The molecule has 0 unspecified atom stereocenters. The van der Waals surface area contributed by atoms with Crippen LogP contribution in [0.5, 0.6) is 0 Å². The van der Waals surface area contributed by atoms with Crippen molar-refractivity contribution in [1.29, 1.82) is 0 Å². The average molecular weight is 466 g/mol. The first-order chi connectivity index (χ1) is 13.3. The first kappa shape index (κ1) is 22.4. The smallest absolute Gasteiger partial charge is 0.242 e. The zero-order valence-electron chi connectivity index (χ0n) is 16.4. The molecule has 0 heterocycles. The fourth-order valence-corrected chi connectivity index (χ4v) is 3.44. The normalized spacial score (nSPS) is 12.9. The van der Waals surface area contributed by atoms with Crippen LogP contribution >= 0.6 is 27.5 Å². The average Bonchev–Trinajstić information content (AvgIpc) is 2.67. The van der Waals surface area contributed by atoms with E-state index < -0.39 is 6.04 Å². The lowest BCUT2D eigenvalue weighted by Gasteiger charge is -2.30. The van der Waals surface area contributed by atoms with Crippen LogP contribution in [0.15, 0.2) is 53.0 Å². The summed E-state index contributed by atoms with van der Waals surface area (Å²) < 4.78 is 0.931. The van der Waals surface area contributed by atoms with Crippen molar-refractivity contribution < 1.29 is 9.59 Å². The molecule has 0 aliphatic carbocycles. The van der Waals surface area contributed by atoms with Crippen LogP contribution in [0.25, 0.3) is 0 Å². The molecule has 0 saturated carbocycles. The van der Waals surface area contributed by atoms with Gasteiger partial charge in [-0.3, -0.25) is 9.59 Å². The van der Waals surface area contributed by atoms with Crippen molar-refractivity contribution in [3.05, 3.63) is 69.2 Å². The number of hydrogen-bond donors (Lipinski definition) is 1. The second-order valence-electron chi connectivity index (χ2n) is 6.91. The summed E-state index contributed by atoms with van der Waals surface area (Å²) in [6.45, 7) is 6.07. The van der Waals surface area contributed by atoms with Gasteiger partial charge in [-0.2, -0.15) is 0 Å². The van der Waals surface area contributed by atoms with Crippen molar-refractivity contribution >= 4 is 39.3 Å². The maximum absolute atomic E-state index is 13.1. The molecule has 0 radical (unpaired) electrons. The molecule has 0 saturated heterocycles. The number of carbonyl (C=O) groups is 2. The number of amides is 2. The fourth-order valence-electron chi connectivity index (χ4n) is 2.79. The third kappa shape index (κ3) is 6.35. The minimum absolute atomic E-state index is 0.0568. The first-order valence-corrected chi connectivity index (χ1v) is 10.6. The molecule has 2 amide bonds. The Morgan fingerprint density at radius 1 is 1.14 bits per heavy atom. The van der Waals surface area contributed by atoms with Gasteiger partial charge in [0.2, 0.25) is 11.8 Å². The van der Waals surface area contributed by atoms with E-state index in [0.717, 1.165) is 22.0 Å². The highest BCUT2D eigenvalue weighted by Gasteiger charge is 2.27. The lowest BCUT2D eigenvalue weighted by Crippen LogP contribution is -2.49. The van der Waals surface area contributed by atoms with Gasteiger partial charge >= 0.3 is 0 Å². The standard InChI is InChI=1S/C22H26BrClN2O2/c1-4-15(2)25-22(28)16(3)26(14-17-8-7-10-19(23)12-17)21(27)13-18-9-5-6-11-20(18)24/h5-12,15-16H,4,13-14H2,1-3H3,(H,25,28)/t15-,16-/m0/s1. The van der Waals surface area contributed by atoms with Crippen LogP contribution in [0.1, 0.15) is 38.3 Å². The molecule has 2 rings (SSSR count). The lowest BCUT2D eigenvalue weighted by atomic mass is 10.1. The number of rotatable bonds is 8. The molecular formula is C22H26BrClN2O2. The van der Waals surface area contributed by atoms with E-state index in [1.165, 1.54) is 0 Å². The van der Waals surface area contributed by atoms with Gasteiger partial charge in [0, 0.05) is 22.1 Å². The molecule has 150 valence electrons. The zero-order valence-corrected chi connectivity index (χ0v) is 18.8. The monoisotopic (exact) mass is 464 g/mol. The molecule has 4 nitrogen and oxygen atoms in total. The molecule has 0 bridgehead atoms. The van der Waals surface area contributed by atoms with E-state index >= 15 is 0 Å². The second-order valence-corrected chi connectivity index (χ2v) is 8.24. The minimum atomic E-state index is -0.594. The Hall–Kier alpha value is -1.85. The Bertz CT molecular complexity index is 828. The van der Waals surface area contributed by atoms with Gasteiger partial charge in [-0.1, -0.05) is 64.8 Å². The molecule has 0 spiro atoms. The molecule has 28 heavy (non-hydrogen) atoms. The fraction of sp³-hybridized carbons (Fsp3) is 0.364. The molecule has 0 fully saturated rings. The van der Waals surface area contributed by atoms with Gasteiger partial charge in [0.1, 0.15) is 6.04 Å². The summed E-state index contributed by atoms with van der Waals surface area (Å²) in [4.78, 5) is 27.4. The third-order valence-electron chi connectivity index (χ3n) is 4.71. The van der Waals surface area contributed by atoms with Gasteiger partial charge in [0.05, 0.1) is 6.42 Å². The Morgan fingerprint density at radius 2 is 1.86 bits per heavy atom. The molecule has 2 aromatic rings. The van der Waals surface area contributed by atoms with E-state index in [2.05, 4.69) is 21.2 Å². The highest BCUT2D eigenvalue weighted by molar-refractivity contribution is 9.10. The van der Waals surface area contributed by atoms with Crippen LogP contribution < -0.4 is 5.32 Å². The predicted molar refractivity (Wildman–Crippen MR) is 117 cm³/mol. The number of carbonyl (C=O) groups excluding carboxylic acids is 2. The van der Waals surface area contributed by atoms with Gasteiger partial charge in [-0.15, -0.1) is 0 Å². The molecule has 0 aliphatic heterocycles. The van der Waals surface area contributed by atoms with Crippen molar-refractivity contribution in [2.24, 2.45) is 0 Å². The number of hydrogen-bond acceptors (Lipinski definition) is 2. The van der Waals surface area contributed by atoms with Crippen molar-refractivity contribution in [2.45, 2.75) is 52.2 Å². The zero-order chi connectivity index (χ0) is 20.7. The number of nitrogens with one attached hydrogen (secondary N) is 1. The Labute approximate surface area is 180 Å². The maximum atomic E-state index is 13.1. The first-order valence-electron chi connectivity index (χ1n) is 9.39. The summed E-state index contributed by atoms with van der Waals surface area (Å²) >= 11 is 9.69. The van der Waals surface area contributed by atoms with Crippen LogP contribution in [0.2, 0.25) is 5.02 Å². The maximum Gasteiger partial charge on any atom is 0.242 e. The summed E-state index contributed by atoms with van der Waals surface area (Å²) in [7, 11) is 0. The molecular weight excluding hydrogens is 440 g/mol. The molecule has 6 heteroatoms. The van der Waals surface area contributed by atoms with Gasteiger partial charge in [-0.05, 0) is 49.6 Å². The highest BCUT2D eigenvalue weighted by Crippen LogP contribution is 2.19. The predicted octanol–water partition coefficient (Wildman–Crippen LogP) is 4.98. The van der Waals surface area contributed by atoms with E-state index in [1.807, 2.05) is 56.3 Å². The van der Waals surface area contributed by atoms with Crippen LogP contribution in [0.4, 0.5) is 0 Å². The van der Waals surface area contributed by atoms with Gasteiger partial charge in [0.15, 0.2) is 0 Å². The van der Waals surface area contributed by atoms with Crippen LogP contribution in [0.3, 0.4) is 0 Å². The van der Waals surface area contributed by atoms with E-state index in [4.69, 9.17) is 11.6 Å². The van der Waals surface area contributed by atoms with Crippen LogP contribution in [-0.2, 0) is 22.6 Å². The minimum Gasteiger partial charge on any atom is -0.352 e. The lowest BCUT2D eigenvalue weighted by molar-refractivity contribution is -0.140. The largest absolute Gasteiger partial charge is 0.352 e. The molecule has 1 N–H and O–H groups in total. The Kier molecular flexibility index (Phi) is 8.52. The Balaban J connectivity index is 2.25. The van der Waals surface area contributed by atoms with Crippen LogP contribution in [0, 0.1) is 0 Å². The summed E-state index contributed by atoms with van der Waals surface area (Å²) in [5.74, 6) is -0.295. The summed E-state index contributed by atoms with van der Waals surface area (Å²) in [6.07, 6.45) is 0.978. The van der Waals surface area contributed by atoms with Crippen molar-refractivity contribution in [1.82, 2.24) is 10.2 Å². The topological polar surface area (TPSA) is 49.4 Å². The third-order valence-corrected chi connectivity index (χ3v) is 5.57. The number of halogens is 2. The van der Waals surface area contributed by atoms with E-state index in [1.54, 1.807) is 17.9 Å². The molecule has 2 atom stereocenters. The van der Waals surface area contributed by atoms with Gasteiger partial charge < -0.3 is 10.2 Å². The second kappa shape index (κ2) is 10.6.